The molecule has 0 saturated heterocycles. The predicted octanol–water partition coefficient (Wildman–Crippen LogP) is 3.17. The number of benzene rings is 1. The van der Waals surface area contributed by atoms with Crippen LogP contribution in [0.3, 0.4) is 0 Å². The summed E-state index contributed by atoms with van der Waals surface area (Å²) in [4.78, 5) is 0. The molecule has 1 unspecified atom stereocenters. The molecule has 108 valence electrons. The highest BCUT2D eigenvalue weighted by atomic mass is 16.3. The quantitative estimate of drug-likeness (QED) is 0.775. The highest BCUT2D eigenvalue weighted by molar-refractivity contribution is 5.41. The van der Waals surface area contributed by atoms with E-state index in [1.807, 2.05) is 0 Å². The maximum Gasteiger partial charge on any atom is 0.124 e. The monoisotopic (exact) mass is 273 g/mol. The van der Waals surface area contributed by atoms with Crippen molar-refractivity contribution >= 4 is 0 Å². The molecular formula is C17H23NO2. The van der Waals surface area contributed by atoms with E-state index in [9.17, 15) is 10.2 Å². The molecule has 1 aromatic rings. The van der Waals surface area contributed by atoms with Crippen molar-refractivity contribution in [3.8, 4) is 11.5 Å². The predicted molar refractivity (Wildman–Crippen MR) is 77.2 cm³/mol. The summed E-state index contributed by atoms with van der Waals surface area (Å²) in [5.74, 6) is 4.13. The molecule has 1 atom stereocenters. The zero-order valence-corrected chi connectivity index (χ0v) is 11.7. The summed E-state index contributed by atoms with van der Waals surface area (Å²) in [6.07, 6.45) is 6.79. The molecule has 4 bridgehead atoms. The van der Waals surface area contributed by atoms with Crippen LogP contribution in [0.2, 0.25) is 0 Å². The Morgan fingerprint density at radius 3 is 2.10 bits per heavy atom. The smallest absolute Gasteiger partial charge is 0.124 e. The summed E-state index contributed by atoms with van der Waals surface area (Å²) in [6, 6.07) is 4.74. The molecule has 3 heteroatoms. The fourth-order valence-corrected chi connectivity index (χ4v) is 5.57. The van der Waals surface area contributed by atoms with Gasteiger partial charge in [0.05, 0.1) is 0 Å². The molecular weight excluding hydrogens is 250 g/mol. The van der Waals surface area contributed by atoms with E-state index in [0.717, 1.165) is 29.2 Å². The SMILES string of the molecule is NC(c1ccc(O)cc1O)C1C2CC3CC(C2)CC1C3. The Labute approximate surface area is 119 Å². The maximum absolute atomic E-state index is 10.1. The lowest BCUT2D eigenvalue weighted by atomic mass is 9.50. The zero-order valence-electron chi connectivity index (χ0n) is 11.7. The molecule has 1 aromatic carbocycles. The van der Waals surface area contributed by atoms with Crippen molar-refractivity contribution in [2.24, 2.45) is 35.3 Å². The Morgan fingerprint density at radius 1 is 0.950 bits per heavy atom. The number of aromatic hydroxyl groups is 2. The van der Waals surface area contributed by atoms with Gasteiger partial charge in [-0.05, 0) is 67.8 Å². The fraction of sp³-hybridized carbons (Fsp3) is 0.647. The molecule has 0 spiro atoms. The van der Waals surface area contributed by atoms with Crippen LogP contribution in [0.15, 0.2) is 18.2 Å². The van der Waals surface area contributed by atoms with Crippen LogP contribution in [0.1, 0.15) is 43.7 Å². The van der Waals surface area contributed by atoms with E-state index in [2.05, 4.69) is 0 Å². The van der Waals surface area contributed by atoms with Gasteiger partial charge >= 0.3 is 0 Å². The number of hydrogen-bond acceptors (Lipinski definition) is 3. The molecule has 4 aliphatic rings. The van der Waals surface area contributed by atoms with Crippen LogP contribution in [0.25, 0.3) is 0 Å². The van der Waals surface area contributed by atoms with Crippen molar-refractivity contribution < 1.29 is 10.2 Å². The average Bonchev–Trinajstić information content (AvgIpc) is 2.37. The lowest BCUT2D eigenvalue weighted by molar-refractivity contribution is -0.0473. The maximum atomic E-state index is 10.1. The third-order valence-electron chi connectivity index (χ3n) is 6.09. The van der Waals surface area contributed by atoms with Gasteiger partial charge in [0.2, 0.25) is 0 Å². The van der Waals surface area contributed by atoms with Crippen LogP contribution >= 0.6 is 0 Å². The van der Waals surface area contributed by atoms with E-state index in [-0.39, 0.29) is 17.5 Å². The third kappa shape index (κ3) is 1.83. The Bertz CT molecular complexity index is 500. The molecule has 20 heavy (non-hydrogen) atoms. The van der Waals surface area contributed by atoms with Gasteiger partial charge in [0, 0.05) is 17.7 Å². The van der Waals surface area contributed by atoms with Crippen molar-refractivity contribution in [1.29, 1.82) is 0 Å². The average molecular weight is 273 g/mol. The lowest BCUT2D eigenvalue weighted by Gasteiger charge is -2.56. The van der Waals surface area contributed by atoms with E-state index in [0.29, 0.717) is 5.92 Å². The first-order chi connectivity index (χ1) is 9.61. The van der Waals surface area contributed by atoms with E-state index >= 15 is 0 Å². The minimum absolute atomic E-state index is 0.0920. The Hall–Kier alpha value is -1.22. The van der Waals surface area contributed by atoms with Gasteiger partial charge in [-0.2, -0.15) is 0 Å². The lowest BCUT2D eigenvalue weighted by Crippen LogP contribution is -2.48. The normalized spacial score (nSPS) is 40.0. The van der Waals surface area contributed by atoms with Crippen LogP contribution in [0, 0.1) is 29.6 Å². The van der Waals surface area contributed by atoms with Gasteiger partial charge in [-0.1, -0.05) is 6.07 Å². The van der Waals surface area contributed by atoms with Gasteiger partial charge < -0.3 is 15.9 Å². The van der Waals surface area contributed by atoms with Crippen LogP contribution in [-0.4, -0.2) is 10.2 Å². The summed E-state index contributed by atoms with van der Waals surface area (Å²) in [7, 11) is 0. The van der Waals surface area contributed by atoms with Crippen LogP contribution < -0.4 is 5.73 Å². The van der Waals surface area contributed by atoms with Gasteiger partial charge in [0.25, 0.3) is 0 Å². The zero-order chi connectivity index (χ0) is 13.9. The van der Waals surface area contributed by atoms with Gasteiger partial charge in [0.15, 0.2) is 0 Å². The molecule has 5 rings (SSSR count). The number of rotatable bonds is 2. The van der Waals surface area contributed by atoms with E-state index < -0.39 is 0 Å². The van der Waals surface area contributed by atoms with Crippen molar-refractivity contribution in [3.05, 3.63) is 23.8 Å². The van der Waals surface area contributed by atoms with Crippen LogP contribution in [-0.2, 0) is 0 Å². The Kier molecular flexibility index (Phi) is 2.75. The number of nitrogens with two attached hydrogens (primary N) is 1. The molecule has 3 nitrogen and oxygen atoms in total. The number of phenols is 2. The Morgan fingerprint density at radius 2 is 1.55 bits per heavy atom. The topological polar surface area (TPSA) is 66.5 Å². The third-order valence-corrected chi connectivity index (χ3v) is 6.09. The van der Waals surface area contributed by atoms with Crippen molar-refractivity contribution in [2.45, 2.75) is 38.1 Å². The van der Waals surface area contributed by atoms with Crippen molar-refractivity contribution in [2.75, 3.05) is 0 Å². The fourth-order valence-electron chi connectivity index (χ4n) is 5.57. The van der Waals surface area contributed by atoms with Crippen molar-refractivity contribution in [1.82, 2.24) is 0 Å². The summed E-state index contributed by atoms with van der Waals surface area (Å²) in [5.41, 5.74) is 7.34. The number of phenolic OH excluding ortho intramolecular Hbond substituents is 2. The second-order valence-electron chi connectivity index (χ2n) is 7.28. The molecule has 0 amide bonds. The van der Waals surface area contributed by atoms with E-state index in [4.69, 9.17) is 5.73 Å². The summed E-state index contributed by atoms with van der Waals surface area (Å²) in [5, 5.41) is 19.5. The second-order valence-corrected chi connectivity index (χ2v) is 7.28. The summed E-state index contributed by atoms with van der Waals surface area (Å²) in [6.45, 7) is 0. The van der Waals surface area contributed by atoms with E-state index in [1.54, 1.807) is 12.1 Å². The van der Waals surface area contributed by atoms with Crippen molar-refractivity contribution in [3.63, 3.8) is 0 Å². The molecule has 0 radical (unpaired) electrons. The second kappa shape index (κ2) is 4.39. The minimum atomic E-state index is -0.0920. The number of hydrogen-bond donors (Lipinski definition) is 3. The highest BCUT2D eigenvalue weighted by Crippen LogP contribution is 2.59. The minimum Gasteiger partial charge on any atom is -0.508 e. The first-order valence-corrected chi connectivity index (χ1v) is 7.89. The molecule has 4 fully saturated rings. The van der Waals surface area contributed by atoms with Crippen LogP contribution in [0.4, 0.5) is 0 Å². The first-order valence-electron chi connectivity index (χ1n) is 7.89. The molecule has 0 aliphatic heterocycles. The molecule has 0 heterocycles. The largest absolute Gasteiger partial charge is 0.508 e. The van der Waals surface area contributed by atoms with Gasteiger partial charge in [0.1, 0.15) is 11.5 Å². The van der Waals surface area contributed by atoms with Gasteiger partial charge in [-0.25, -0.2) is 0 Å². The molecule has 4 N–H and O–H groups in total. The van der Waals surface area contributed by atoms with Gasteiger partial charge in [-0.15, -0.1) is 0 Å². The molecule has 4 aliphatic carbocycles. The summed E-state index contributed by atoms with van der Waals surface area (Å²) < 4.78 is 0. The summed E-state index contributed by atoms with van der Waals surface area (Å²) >= 11 is 0. The van der Waals surface area contributed by atoms with Crippen LogP contribution in [0.5, 0.6) is 11.5 Å². The first kappa shape index (κ1) is 12.5. The Balaban J connectivity index is 1.63. The molecule has 4 saturated carbocycles. The molecule has 0 aromatic heterocycles. The van der Waals surface area contributed by atoms with Gasteiger partial charge in [-0.3, -0.25) is 0 Å². The van der Waals surface area contributed by atoms with E-state index in [1.165, 1.54) is 38.2 Å². The standard InChI is InChI=1S/C17H23NO2/c18-17(14-2-1-13(19)8-15(14)20)16-11-4-9-3-10(6-11)7-12(16)5-9/h1-2,8-12,16-17,19-20H,3-7,18H2. The highest BCUT2D eigenvalue weighted by Gasteiger charge is 2.50.